The zero-order valence-corrected chi connectivity index (χ0v) is 10.2. The molecule has 0 aliphatic heterocycles. The maximum Gasteiger partial charge on any atom is 0.411 e. The first-order valence-electron chi connectivity index (χ1n) is 4.84. The number of hydrogen-bond acceptors (Lipinski definition) is 3. The quantitative estimate of drug-likeness (QED) is 0.886. The number of amides is 1. The van der Waals surface area contributed by atoms with Gasteiger partial charge in [0.2, 0.25) is 0 Å². The number of halogens is 1. The van der Waals surface area contributed by atoms with Gasteiger partial charge in [0.15, 0.2) is 0 Å². The molecule has 0 saturated heterocycles. The average Bonchev–Trinajstić information content (AvgIpc) is 2.21. The molecule has 0 heterocycles. The predicted octanol–water partition coefficient (Wildman–Crippen LogP) is 3.31. The molecule has 0 aliphatic carbocycles. The summed E-state index contributed by atoms with van der Waals surface area (Å²) in [6.07, 6.45) is -0.481. The molecule has 88 valence electrons. The van der Waals surface area contributed by atoms with Crippen LogP contribution in [0.15, 0.2) is 18.2 Å². The Balaban J connectivity index is 2.78. The molecule has 5 heteroatoms. The summed E-state index contributed by atoms with van der Waals surface area (Å²) in [5, 5.41) is 2.96. The monoisotopic (exact) mass is 243 g/mol. The van der Waals surface area contributed by atoms with E-state index in [9.17, 15) is 4.79 Å². The average molecular weight is 244 g/mol. The minimum Gasteiger partial charge on any atom is -0.489 e. The van der Waals surface area contributed by atoms with Crippen LogP contribution in [0.25, 0.3) is 0 Å². The molecule has 0 fully saturated rings. The molecule has 0 spiro atoms. The maximum absolute atomic E-state index is 10.9. The molecular weight excluding hydrogens is 230 g/mol. The van der Waals surface area contributed by atoms with Gasteiger partial charge >= 0.3 is 6.09 Å². The van der Waals surface area contributed by atoms with Crippen LogP contribution in [-0.4, -0.2) is 19.3 Å². The maximum atomic E-state index is 10.9. The highest BCUT2D eigenvalue weighted by atomic mass is 35.5. The Labute approximate surface area is 99.5 Å². The van der Waals surface area contributed by atoms with Gasteiger partial charge in [-0.05, 0) is 32.0 Å². The van der Waals surface area contributed by atoms with Crippen molar-refractivity contribution in [3.8, 4) is 5.75 Å². The summed E-state index contributed by atoms with van der Waals surface area (Å²) in [7, 11) is 1.30. The number of carbonyl (C=O) groups is 1. The summed E-state index contributed by atoms with van der Waals surface area (Å²) >= 11 is 5.98. The Hall–Kier alpha value is -1.42. The third kappa shape index (κ3) is 3.62. The van der Waals surface area contributed by atoms with Gasteiger partial charge in [-0.3, -0.25) is 5.32 Å². The molecule has 1 N–H and O–H groups in total. The molecule has 1 rings (SSSR count). The fourth-order valence-electron chi connectivity index (χ4n) is 1.10. The number of rotatable bonds is 3. The Morgan fingerprint density at radius 3 is 2.62 bits per heavy atom. The van der Waals surface area contributed by atoms with Gasteiger partial charge < -0.3 is 9.47 Å². The van der Waals surface area contributed by atoms with Gasteiger partial charge in [0, 0.05) is 5.69 Å². The lowest BCUT2D eigenvalue weighted by atomic mass is 10.3. The fraction of sp³-hybridized carbons (Fsp3) is 0.364. The Kier molecular flexibility index (Phi) is 4.43. The number of anilines is 1. The van der Waals surface area contributed by atoms with E-state index >= 15 is 0 Å². The second-order valence-electron chi connectivity index (χ2n) is 3.43. The molecule has 0 atom stereocenters. The fourth-order valence-corrected chi connectivity index (χ4v) is 1.32. The van der Waals surface area contributed by atoms with E-state index in [2.05, 4.69) is 10.1 Å². The number of benzene rings is 1. The first-order chi connectivity index (χ1) is 7.52. The van der Waals surface area contributed by atoms with Gasteiger partial charge in [-0.2, -0.15) is 0 Å². The molecule has 1 amide bonds. The topological polar surface area (TPSA) is 47.6 Å². The van der Waals surface area contributed by atoms with Crippen molar-refractivity contribution >= 4 is 23.4 Å². The largest absolute Gasteiger partial charge is 0.489 e. The molecular formula is C11H14ClNO3. The molecule has 1 aromatic rings. The minimum atomic E-state index is -0.534. The van der Waals surface area contributed by atoms with E-state index in [1.807, 2.05) is 13.8 Å². The molecule has 0 bridgehead atoms. The summed E-state index contributed by atoms with van der Waals surface area (Å²) in [5.41, 5.74) is 0.563. The zero-order chi connectivity index (χ0) is 12.1. The summed E-state index contributed by atoms with van der Waals surface area (Å²) in [6, 6.07) is 5.00. The Morgan fingerprint density at radius 1 is 1.44 bits per heavy atom. The highest BCUT2D eigenvalue weighted by Gasteiger charge is 2.06. The molecule has 16 heavy (non-hydrogen) atoms. The summed E-state index contributed by atoms with van der Waals surface area (Å²) in [6.45, 7) is 3.83. The third-order valence-corrected chi connectivity index (χ3v) is 2.02. The van der Waals surface area contributed by atoms with Crippen molar-refractivity contribution in [1.29, 1.82) is 0 Å². The zero-order valence-electron chi connectivity index (χ0n) is 9.41. The first-order valence-corrected chi connectivity index (χ1v) is 5.22. The Bertz CT molecular complexity index is 379. The van der Waals surface area contributed by atoms with Gasteiger partial charge in [0.1, 0.15) is 5.75 Å². The van der Waals surface area contributed by atoms with Crippen LogP contribution in [0.2, 0.25) is 5.02 Å². The summed E-state index contributed by atoms with van der Waals surface area (Å²) in [5.74, 6) is 0.590. The Morgan fingerprint density at radius 2 is 2.12 bits per heavy atom. The molecule has 0 saturated carbocycles. The number of hydrogen-bond donors (Lipinski definition) is 1. The lowest BCUT2D eigenvalue weighted by molar-refractivity contribution is 0.187. The van der Waals surface area contributed by atoms with Gasteiger partial charge in [-0.15, -0.1) is 0 Å². The SMILES string of the molecule is COC(=O)Nc1ccc(OC(C)C)c(Cl)c1. The van der Waals surface area contributed by atoms with Crippen LogP contribution >= 0.6 is 11.6 Å². The van der Waals surface area contributed by atoms with Crippen LogP contribution < -0.4 is 10.1 Å². The van der Waals surface area contributed by atoms with E-state index in [-0.39, 0.29) is 6.10 Å². The lowest BCUT2D eigenvalue weighted by Gasteiger charge is -2.12. The minimum absolute atomic E-state index is 0.0527. The van der Waals surface area contributed by atoms with Crippen LogP contribution in [-0.2, 0) is 4.74 Å². The van der Waals surface area contributed by atoms with Crippen molar-refractivity contribution in [3.63, 3.8) is 0 Å². The van der Waals surface area contributed by atoms with Crippen molar-refractivity contribution in [3.05, 3.63) is 23.2 Å². The lowest BCUT2D eigenvalue weighted by Crippen LogP contribution is -2.11. The normalized spacial score (nSPS) is 10.1. The predicted molar refractivity (Wildman–Crippen MR) is 63.2 cm³/mol. The highest BCUT2D eigenvalue weighted by Crippen LogP contribution is 2.28. The van der Waals surface area contributed by atoms with E-state index in [0.29, 0.717) is 16.5 Å². The van der Waals surface area contributed by atoms with Gasteiger partial charge in [0.25, 0.3) is 0 Å². The molecule has 0 aromatic heterocycles. The van der Waals surface area contributed by atoms with Crippen molar-refractivity contribution in [2.45, 2.75) is 20.0 Å². The van der Waals surface area contributed by atoms with Crippen LogP contribution in [0.3, 0.4) is 0 Å². The number of methoxy groups -OCH3 is 1. The van der Waals surface area contributed by atoms with Crippen LogP contribution in [0, 0.1) is 0 Å². The number of carbonyl (C=O) groups excluding carboxylic acids is 1. The van der Waals surface area contributed by atoms with Crippen LogP contribution in [0.1, 0.15) is 13.8 Å². The second-order valence-corrected chi connectivity index (χ2v) is 3.84. The first kappa shape index (κ1) is 12.6. The van der Waals surface area contributed by atoms with E-state index in [1.165, 1.54) is 7.11 Å². The molecule has 0 aliphatic rings. The van der Waals surface area contributed by atoms with Crippen molar-refractivity contribution in [2.75, 3.05) is 12.4 Å². The molecule has 4 nitrogen and oxygen atoms in total. The van der Waals surface area contributed by atoms with Gasteiger partial charge in [-0.25, -0.2) is 4.79 Å². The van der Waals surface area contributed by atoms with Crippen molar-refractivity contribution < 1.29 is 14.3 Å². The highest BCUT2D eigenvalue weighted by molar-refractivity contribution is 6.32. The summed E-state index contributed by atoms with van der Waals surface area (Å²) in [4.78, 5) is 10.9. The second kappa shape index (κ2) is 5.61. The van der Waals surface area contributed by atoms with Crippen LogP contribution in [0.5, 0.6) is 5.75 Å². The van der Waals surface area contributed by atoms with E-state index in [0.717, 1.165) is 0 Å². The smallest absolute Gasteiger partial charge is 0.411 e. The van der Waals surface area contributed by atoms with E-state index in [4.69, 9.17) is 16.3 Å². The number of ether oxygens (including phenoxy) is 2. The van der Waals surface area contributed by atoms with E-state index in [1.54, 1.807) is 18.2 Å². The van der Waals surface area contributed by atoms with Crippen molar-refractivity contribution in [2.24, 2.45) is 0 Å². The molecule has 0 unspecified atom stereocenters. The molecule has 1 aromatic carbocycles. The van der Waals surface area contributed by atoms with Crippen LogP contribution in [0.4, 0.5) is 10.5 Å². The standard InChI is InChI=1S/C11H14ClNO3/c1-7(2)16-10-5-4-8(6-9(10)12)13-11(14)15-3/h4-7H,1-3H3,(H,13,14). The molecule has 0 radical (unpaired) electrons. The van der Waals surface area contributed by atoms with Crippen molar-refractivity contribution in [1.82, 2.24) is 0 Å². The third-order valence-electron chi connectivity index (χ3n) is 1.73. The number of nitrogens with one attached hydrogen (secondary N) is 1. The summed E-state index contributed by atoms with van der Waals surface area (Å²) < 4.78 is 9.92. The van der Waals surface area contributed by atoms with Gasteiger partial charge in [-0.1, -0.05) is 11.6 Å². The van der Waals surface area contributed by atoms with E-state index < -0.39 is 6.09 Å². The van der Waals surface area contributed by atoms with Gasteiger partial charge in [0.05, 0.1) is 18.2 Å².